The Balaban J connectivity index is 1.88. The Bertz CT molecular complexity index is 361. The zero-order chi connectivity index (χ0) is 11.5. The van der Waals surface area contributed by atoms with Crippen LogP contribution in [0.25, 0.3) is 0 Å². The van der Waals surface area contributed by atoms with Crippen LogP contribution in [0.4, 0.5) is 0 Å². The van der Waals surface area contributed by atoms with Crippen molar-refractivity contribution in [3.8, 4) is 11.5 Å². The number of hydrogen-bond acceptors (Lipinski definition) is 3. The molecular weight excluding hydrogens is 202 g/mol. The molecule has 1 atom stereocenters. The van der Waals surface area contributed by atoms with Crippen LogP contribution in [-0.2, 0) is 6.54 Å². The first-order chi connectivity index (χ1) is 7.66. The van der Waals surface area contributed by atoms with Gasteiger partial charge in [0.2, 0.25) is 0 Å². The fraction of sp³-hybridized carbons (Fsp3) is 0.538. The highest BCUT2D eigenvalue weighted by atomic mass is 16.3. The van der Waals surface area contributed by atoms with Gasteiger partial charge in [-0.15, -0.1) is 0 Å². The van der Waals surface area contributed by atoms with Crippen LogP contribution in [-0.4, -0.2) is 16.3 Å². The van der Waals surface area contributed by atoms with E-state index in [1.807, 2.05) is 0 Å². The molecule has 1 aliphatic carbocycles. The second-order valence-corrected chi connectivity index (χ2v) is 4.67. The quantitative estimate of drug-likeness (QED) is 0.731. The molecule has 1 aromatic rings. The van der Waals surface area contributed by atoms with Crippen molar-refractivity contribution < 1.29 is 10.2 Å². The van der Waals surface area contributed by atoms with Crippen molar-refractivity contribution in [2.24, 2.45) is 5.92 Å². The summed E-state index contributed by atoms with van der Waals surface area (Å²) in [7, 11) is 0. The molecule has 0 aliphatic heterocycles. The minimum absolute atomic E-state index is 0.105. The normalized spacial score (nSPS) is 18.1. The van der Waals surface area contributed by atoms with Crippen LogP contribution in [0.1, 0.15) is 31.7 Å². The maximum atomic E-state index is 9.61. The molecule has 16 heavy (non-hydrogen) atoms. The number of nitrogens with one attached hydrogen (secondary N) is 1. The van der Waals surface area contributed by atoms with Crippen LogP contribution in [0.2, 0.25) is 0 Å². The molecule has 3 N–H and O–H groups in total. The first-order valence-corrected chi connectivity index (χ1v) is 5.91. The maximum Gasteiger partial charge on any atom is 0.123 e. The first kappa shape index (κ1) is 11.3. The van der Waals surface area contributed by atoms with Crippen molar-refractivity contribution in [2.45, 2.75) is 38.8 Å². The highest BCUT2D eigenvalue weighted by Crippen LogP contribution is 2.30. The SMILES string of the molecule is CC(NCc1ccc(O)cc1O)C1CCC1. The maximum absolute atomic E-state index is 9.61. The van der Waals surface area contributed by atoms with Crippen molar-refractivity contribution in [1.29, 1.82) is 0 Å². The number of phenols is 2. The van der Waals surface area contributed by atoms with E-state index in [2.05, 4.69) is 12.2 Å². The van der Waals surface area contributed by atoms with Crippen LogP contribution < -0.4 is 5.32 Å². The van der Waals surface area contributed by atoms with E-state index in [0.717, 1.165) is 11.5 Å². The van der Waals surface area contributed by atoms with Gasteiger partial charge >= 0.3 is 0 Å². The summed E-state index contributed by atoms with van der Waals surface area (Å²) in [6.45, 7) is 2.85. The number of benzene rings is 1. The van der Waals surface area contributed by atoms with Crippen LogP contribution in [0.15, 0.2) is 18.2 Å². The lowest BCUT2D eigenvalue weighted by molar-refractivity contribution is 0.239. The molecule has 0 bridgehead atoms. The van der Waals surface area contributed by atoms with Crippen molar-refractivity contribution in [2.75, 3.05) is 0 Å². The summed E-state index contributed by atoms with van der Waals surface area (Å²) in [5.41, 5.74) is 0.837. The van der Waals surface area contributed by atoms with Gasteiger partial charge in [-0.25, -0.2) is 0 Å². The minimum atomic E-state index is 0.105. The van der Waals surface area contributed by atoms with E-state index in [4.69, 9.17) is 5.11 Å². The van der Waals surface area contributed by atoms with E-state index in [-0.39, 0.29) is 11.5 Å². The number of hydrogen-bond donors (Lipinski definition) is 3. The molecule has 2 rings (SSSR count). The van der Waals surface area contributed by atoms with E-state index in [1.54, 1.807) is 12.1 Å². The highest BCUT2D eigenvalue weighted by molar-refractivity contribution is 5.38. The van der Waals surface area contributed by atoms with Gasteiger partial charge in [0, 0.05) is 24.2 Å². The standard InChI is InChI=1S/C13H19NO2/c1-9(10-3-2-4-10)14-8-11-5-6-12(15)7-13(11)16/h5-7,9-10,14-16H,2-4,8H2,1H3. The summed E-state index contributed by atoms with van der Waals surface area (Å²) in [5.74, 6) is 1.06. The van der Waals surface area contributed by atoms with E-state index in [0.29, 0.717) is 12.6 Å². The molecule has 0 spiro atoms. The summed E-state index contributed by atoms with van der Waals surface area (Å²) >= 11 is 0. The second kappa shape index (κ2) is 4.74. The highest BCUT2D eigenvalue weighted by Gasteiger charge is 2.23. The van der Waals surface area contributed by atoms with Gasteiger partial charge in [-0.1, -0.05) is 12.5 Å². The van der Waals surface area contributed by atoms with Gasteiger partial charge < -0.3 is 15.5 Å². The molecule has 1 aliphatic rings. The third kappa shape index (κ3) is 2.47. The lowest BCUT2D eigenvalue weighted by atomic mass is 9.80. The molecule has 0 radical (unpaired) electrons. The fourth-order valence-electron chi connectivity index (χ4n) is 2.08. The van der Waals surface area contributed by atoms with Gasteiger partial charge in [-0.05, 0) is 31.7 Å². The zero-order valence-electron chi connectivity index (χ0n) is 9.61. The zero-order valence-corrected chi connectivity index (χ0v) is 9.61. The van der Waals surface area contributed by atoms with E-state index >= 15 is 0 Å². The number of phenolic OH excluding ortho intramolecular Hbond substituents is 2. The molecule has 1 aromatic carbocycles. The number of rotatable bonds is 4. The Morgan fingerprint density at radius 1 is 1.38 bits per heavy atom. The van der Waals surface area contributed by atoms with E-state index in [9.17, 15) is 5.11 Å². The Hall–Kier alpha value is -1.22. The molecule has 3 nitrogen and oxygen atoms in total. The average molecular weight is 221 g/mol. The number of aromatic hydroxyl groups is 2. The van der Waals surface area contributed by atoms with Crippen molar-refractivity contribution in [3.05, 3.63) is 23.8 Å². The van der Waals surface area contributed by atoms with Gasteiger partial charge in [0.1, 0.15) is 11.5 Å². The monoisotopic (exact) mass is 221 g/mol. The largest absolute Gasteiger partial charge is 0.508 e. The Morgan fingerprint density at radius 2 is 2.12 bits per heavy atom. The smallest absolute Gasteiger partial charge is 0.123 e. The van der Waals surface area contributed by atoms with Crippen LogP contribution >= 0.6 is 0 Å². The van der Waals surface area contributed by atoms with E-state index < -0.39 is 0 Å². The average Bonchev–Trinajstić information content (AvgIpc) is 2.13. The third-order valence-corrected chi connectivity index (χ3v) is 3.54. The van der Waals surface area contributed by atoms with Crippen LogP contribution in [0.5, 0.6) is 11.5 Å². The van der Waals surface area contributed by atoms with Crippen molar-refractivity contribution >= 4 is 0 Å². The molecule has 0 amide bonds. The van der Waals surface area contributed by atoms with Gasteiger partial charge in [0.25, 0.3) is 0 Å². The summed E-state index contributed by atoms with van der Waals surface area (Å²) in [6.07, 6.45) is 3.98. The summed E-state index contributed by atoms with van der Waals surface area (Å²) in [5, 5.41) is 22.2. The molecule has 1 fully saturated rings. The molecule has 0 saturated heterocycles. The Morgan fingerprint density at radius 3 is 2.69 bits per heavy atom. The Kier molecular flexibility index (Phi) is 3.34. The van der Waals surface area contributed by atoms with Gasteiger partial charge in [0.15, 0.2) is 0 Å². The Labute approximate surface area is 96.1 Å². The predicted octanol–water partition coefficient (Wildman–Crippen LogP) is 2.38. The van der Waals surface area contributed by atoms with Crippen molar-refractivity contribution in [3.63, 3.8) is 0 Å². The van der Waals surface area contributed by atoms with Gasteiger partial charge in [0.05, 0.1) is 0 Å². The molecule has 1 unspecified atom stereocenters. The van der Waals surface area contributed by atoms with E-state index in [1.165, 1.54) is 25.3 Å². The van der Waals surface area contributed by atoms with Gasteiger partial charge in [-0.3, -0.25) is 0 Å². The molecule has 1 saturated carbocycles. The van der Waals surface area contributed by atoms with Crippen LogP contribution in [0, 0.1) is 5.92 Å². The topological polar surface area (TPSA) is 52.5 Å². The molecular formula is C13H19NO2. The minimum Gasteiger partial charge on any atom is -0.508 e. The predicted molar refractivity (Wildman–Crippen MR) is 63.4 cm³/mol. The first-order valence-electron chi connectivity index (χ1n) is 5.91. The van der Waals surface area contributed by atoms with Crippen molar-refractivity contribution in [1.82, 2.24) is 5.32 Å². The molecule has 88 valence electrons. The second-order valence-electron chi connectivity index (χ2n) is 4.67. The molecule has 0 heterocycles. The summed E-state index contributed by atoms with van der Waals surface area (Å²) in [6, 6.07) is 5.24. The summed E-state index contributed by atoms with van der Waals surface area (Å²) in [4.78, 5) is 0. The lowest BCUT2D eigenvalue weighted by Gasteiger charge is -2.32. The lowest BCUT2D eigenvalue weighted by Crippen LogP contribution is -2.36. The fourth-order valence-corrected chi connectivity index (χ4v) is 2.08. The summed E-state index contributed by atoms with van der Waals surface area (Å²) < 4.78 is 0. The third-order valence-electron chi connectivity index (χ3n) is 3.54. The van der Waals surface area contributed by atoms with Crippen LogP contribution in [0.3, 0.4) is 0 Å². The molecule has 3 heteroatoms. The van der Waals surface area contributed by atoms with Gasteiger partial charge in [-0.2, -0.15) is 0 Å². The molecule has 0 aromatic heterocycles.